The molecule has 0 saturated heterocycles. The molecule has 0 aromatic heterocycles. The topological polar surface area (TPSA) is 84.5 Å². The predicted octanol–water partition coefficient (Wildman–Crippen LogP) is 5.55. The maximum atomic E-state index is 12.8. The normalized spacial score (nSPS) is 12.1. The standard InChI is InChI=1S/C24H25ClN2O4S/c1-4-22(31-20-10-6-9-18(25)15-20)24(28)26-19-11-13-21(14-12-19)32(29,30)27-23-16(2)7-5-8-17(23)3/h5-15,22,27H,4H2,1-3H3,(H,26,28)/t22-/m0/s1. The molecule has 6 nitrogen and oxygen atoms in total. The molecule has 0 aliphatic rings. The second-order valence-corrected chi connectivity index (χ2v) is 9.48. The number of halogens is 1. The van der Waals surface area contributed by atoms with Crippen LogP contribution in [0.1, 0.15) is 24.5 Å². The van der Waals surface area contributed by atoms with E-state index < -0.39 is 16.1 Å². The van der Waals surface area contributed by atoms with Crippen LogP contribution in [-0.4, -0.2) is 20.4 Å². The molecule has 0 radical (unpaired) electrons. The Bertz CT molecular complexity index is 1190. The van der Waals surface area contributed by atoms with Crippen molar-refractivity contribution in [1.29, 1.82) is 0 Å². The second kappa shape index (κ2) is 10.1. The molecular weight excluding hydrogens is 448 g/mol. The Morgan fingerprint density at radius 3 is 2.22 bits per heavy atom. The van der Waals surface area contributed by atoms with Crippen molar-refractivity contribution in [1.82, 2.24) is 0 Å². The van der Waals surface area contributed by atoms with E-state index in [1.165, 1.54) is 12.1 Å². The molecule has 0 aliphatic carbocycles. The summed E-state index contributed by atoms with van der Waals surface area (Å²) >= 11 is 5.97. The van der Waals surface area contributed by atoms with Gasteiger partial charge in [-0.1, -0.05) is 42.8 Å². The van der Waals surface area contributed by atoms with Crippen molar-refractivity contribution in [3.63, 3.8) is 0 Å². The molecule has 0 spiro atoms. The van der Waals surface area contributed by atoms with Gasteiger partial charge in [0, 0.05) is 10.7 Å². The van der Waals surface area contributed by atoms with Crippen molar-refractivity contribution >= 4 is 38.9 Å². The van der Waals surface area contributed by atoms with Crippen LogP contribution in [0.5, 0.6) is 5.75 Å². The van der Waals surface area contributed by atoms with Crippen LogP contribution in [0, 0.1) is 13.8 Å². The van der Waals surface area contributed by atoms with E-state index in [2.05, 4.69) is 10.0 Å². The molecule has 3 rings (SSSR count). The van der Waals surface area contributed by atoms with E-state index in [1.54, 1.807) is 36.4 Å². The van der Waals surface area contributed by atoms with Crippen LogP contribution in [0.15, 0.2) is 71.6 Å². The summed E-state index contributed by atoms with van der Waals surface area (Å²) in [5, 5.41) is 3.28. The maximum Gasteiger partial charge on any atom is 0.265 e. The minimum atomic E-state index is -3.77. The summed E-state index contributed by atoms with van der Waals surface area (Å²) in [5.74, 6) is 0.162. The summed E-state index contributed by atoms with van der Waals surface area (Å²) in [4.78, 5) is 12.7. The third-order valence-corrected chi connectivity index (χ3v) is 6.49. The van der Waals surface area contributed by atoms with Crippen molar-refractivity contribution in [2.75, 3.05) is 10.0 Å². The van der Waals surface area contributed by atoms with Gasteiger partial charge in [-0.05, 0) is 73.9 Å². The molecule has 2 N–H and O–H groups in total. The molecule has 8 heteroatoms. The Kier molecular flexibility index (Phi) is 7.43. The number of para-hydroxylation sites is 1. The fourth-order valence-corrected chi connectivity index (χ4v) is 4.52. The first-order chi connectivity index (χ1) is 15.2. The number of benzene rings is 3. The molecular formula is C24H25ClN2O4S. The molecule has 3 aromatic carbocycles. The molecule has 3 aromatic rings. The van der Waals surface area contributed by atoms with E-state index in [-0.39, 0.29) is 10.8 Å². The van der Waals surface area contributed by atoms with E-state index >= 15 is 0 Å². The van der Waals surface area contributed by atoms with Crippen LogP contribution in [0.4, 0.5) is 11.4 Å². The Balaban J connectivity index is 1.70. The number of hydrogen-bond acceptors (Lipinski definition) is 4. The molecule has 0 unspecified atom stereocenters. The maximum absolute atomic E-state index is 12.8. The average molecular weight is 473 g/mol. The van der Waals surface area contributed by atoms with Crippen molar-refractivity contribution in [2.24, 2.45) is 0 Å². The molecule has 0 heterocycles. The number of amides is 1. The lowest BCUT2D eigenvalue weighted by Crippen LogP contribution is -2.32. The lowest BCUT2D eigenvalue weighted by molar-refractivity contribution is -0.122. The van der Waals surface area contributed by atoms with E-state index in [9.17, 15) is 13.2 Å². The number of nitrogens with one attached hydrogen (secondary N) is 2. The number of aryl methyl sites for hydroxylation is 2. The van der Waals surface area contributed by atoms with Gasteiger partial charge in [-0.15, -0.1) is 0 Å². The fraction of sp³-hybridized carbons (Fsp3) is 0.208. The van der Waals surface area contributed by atoms with Gasteiger partial charge >= 0.3 is 0 Å². The highest BCUT2D eigenvalue weighted by Gasteiger charge is 2.20. The van der Waals surface area contributed by atoms with Gasteiger partial charge in [-0.2, -0.15) is 0 Å². The number of rotatable bonds is 8. The SMILES string of the molecule is CC[C@H](Oc1cccc(Cl)c1)C(=O)Nc1ccc(S(=O)(=O)Nc2c(C)cccc2C)cc1. The van der Waals surface area contributed by atoms with Gasteiger partial charge in [0.05, 0.1) is 10.6 Å². The lowest BCUT2D eigenvalue weighted by atomic mass is 10.1. The average Bonchev–Trinajstić information content (AvgIpc) is 2.75. The highest BCUT2D eigenvalue weighted by atomic mass is 35.5. The fourth-order valence-electron chi connectivity index (χ4n) is 3.14. The van der Waals surface area contributed by atoms with Gasteiger partial charge in [0.2, 0.25) is 0 Å². The molecule has 1 amide bonds. The summed E-state index contributed by atoms with van der Waals surface area (Å²) in [5.41, 5.74) is 2.70. The van der Waals surface area contributed by atoms with E-state index in [4.69, 9.17) is 16.3 Å². The third-order valence-electron chi connectivity index (χ3n) is 4.89. The Morgan fingerprint density at radius 1 is 1.00 bits per heavy atom. The zero-order chi connectivity index (χ0) is 23.3. The third kappa shape index (κ3) is 5.81. The summed E-state index contributed by atoms with van der Waals surface area (Å²) in [6.07, 6.45) is -0.271. The molecule has 32 heavy (non-hydrogen) atoms. The molecule has 1 atom stereocenters. The van der Waals surface area contributed by atoms with Gasteiger partial charge in [-0.25, -0.2) is 8.42 Å². The first kappa shape index (κ1) is 23.6. The van der Waals surface area contributed by atoms with E-state index in [0.29, 0.717) is 28.6 Å². The number of hydrogen-bond donors (Lipinski definition) is 2. The number of sulfonamides is 1. The predicted molar refractivity (Wildman–Crippen MR) is 128 cm³/mol. The van der Waals surface area contributed by atoms with Crippen LogP contribution in [0.25, 0.3) is 0 Å². The van der Waals surface area contributed by atoms with Crippen LogP contribution in [-0.2, 0) is 14.8 Å². The van der Waals surface area contributed by atoms with Crippen LogP contribution in [0.3, 0.4) is 0 Å². The van der Waals surface area contributed by atoms with Gasteiger partial charge in [0.1, 0.15) is 5.75 Å². The minimum absolute atomic E-state index is 0.0976. The summed E-state index contributed by atoms with van der Waals surface area (Å²) in [6, 6.07) is 18.4. The number of carbonyl (C=O) groups is 1. The Labute approximate surface area is 193 Å². The quantitative estimate of drug-likeness (QED) is 0.450. The lowest BCUT2D eigenvalue weighted by Gasteiger charge is -2.18. The number of carbonyl (C=O) groups excluding carboxylic acids is 1. The van der Waals surface area contributed by atoms with Crippen LogP contribution in [0.2, 0.25) is 5.02 Å². The van der Waals surface area contributed by atoms with Crippen molar-refractivity contribution in [3.05, 3.63) is 82.9 Å². The zero-order valence-electron chi connectivity index (χ0n) is 18.1. The highest BCUT2D eigenvalue weighted by molar-refractivity contribution is 7.92. The largest absolute Gasteiger partial charge is 0.481 e. The van der Waals surface area contributed by atoms with Gasteiger partial charge < -0.3 is 10.1 Å². The minimum Gasteiger partial charge on any atom is -0.481 e. The number of anilines is 2. The zero-order valence-corrected chi connectivity index (χ0v) is 19.6. The first-order valence-corrected chi connectivity index (χ1v) is 12.0. The molecule has 168 valence electrons. The van der Waals surface area contributed by atoms with Crippen molar-refractivity contribution < 1.29 is 17.9 Å². The van der Waals surface area contributed by atoms with Crippen LogP contribution >= 0.6 is 11.6 Å². The summed E-state index contributed by atoms with van der Waals surface area (Å²) in [6.45, 7) is 5.53. The molecule has 0 saturated carbocycles. The van der Waals surface area contributed by atoms with Crippen LogP contribution < -0.4 is 14.8 Å². The molecule has 0 fully saturated rings. The Morgan fingerprint density at radius 2 is 1.62 bits per heavy atom. The van der Waals surface area contributed by atoms with Gasteiger partial charge in [0.25, 0.3) is 15.9 Å². The van der Waals surface area contributed by atoms with Gasteiger partial charge in [-0.3, -0.25) is 9.52 Å². The van der Waals surface area contributed by atoms with Crippen molar-refractivity contribution in [2.45, 2.75) is 38.2 Å². The van der Waals surface area contributed by atoms with E-state index in [0.717, 1.165) is 11.1 Å². The Hall–Kier alpha value is -3.03. The number of ether oxygens (including phenoxy) is 1. The highest BCUT2D eigenvalue weighted by Crippen LogP contribution is 2.24. The molecule has 0 bridgehead atoms. The molecule has 0 aliphatic heterocycles. The second-order valence-electron chi connectivity index (χ2n) is 7.36. The van der Waals surface area contributed by atoms with E-state index in [1.807, 2.05) is 39.0 Å². The monoisotopic (exact) mass is 472 g/mol. The summed E-state index contributed by atoms with van der Waals surface area (Å²) in [7, 11) is -3.77. The summed E-state index contributed by atoms with van der Waals surface area (Å²) < 4.78 is 34.0. The van der Waals surface area contributed by atoms with Gasteiger partial charge in [0.15, 0.2) is 6.10 Å². The van der Waals surface area contributed by atoms with Crippen molar-refractivity contribution in [3.8, 4) is 5.75 Å². The first-order valence-electron chi connectivity index (χ1n) is 10.1. The smallest absolute Gasteiger partial charge is 0.265 e.